The number of β-amino-alcohol motifs (C(OH)–C–C–N with tert-alkyl or cyclic N) is 1. The number of carbonyl (C=O) groups is 3. The minimum Gasteiger partial charge on any atom is -0.477 e. The van der Waals surface area contributed by atoms with E-state index >= 15 is 0 Å². The number of carboxylic acids is 1. The van der Waals surface area contributed by atoms with Crippen LogP contribution in [0, 0.1) is 11.8 Å². The molecule has 3 N–H and O–H groups in total. The van der Waals surface area contributed by atoms with Crippen molar-refractivity contribution in [2.45, 2.75) is 32.1 Å². The fraction of sp³-hybridized carbons (Fsp3) is 0.474. The molecule has 0 radical (unpaired) electrons. The van der Waals surface area contributed by atoms with E-state index in [1.807, 2.05) is 6.92 Å². The molecule has 2 fully saturated rings. The van der Waals surface area contributed by atoms with Crippen LogP contribution in [0.2, 0.25) is 0 Å². The minimum atomic E-state index is -1.17. The maximum absolute atomic E-state index is 12.3. The van der Waals surface area contributed by atoms with Crippen LogP contribution in [0.15, 0.2) is 21.4 Å². The molecule has 9 nitrogen and oxygen atoms in total. The molecule has 4 rings (SSSR count). The molecule has 1 aromatic heterocycles. The molecule has 0 saturated carbocycles. The number of carboxylic acid groups (broad SMARTS) is 1. The number of hydrogen-bond acceptors (Lipinski definition) is 8. The van der Waals surface area contributed by atoms with Crippen molar-refractivity contribution in [1.29, 1.82) is 0 Å². The van der Waals surface area contributed by atoms with E-state index < -0.39 is 24.1 Å². The zero-order chi connectivity index (χ0) is 21.7. The molecular formula is C19H21N3O6S2. The lowest BCUT2D eigenvalue weighted by Gasteiger charge is -2.46. The minimum absolute atomic E-state index is 0.0320. The molecule has 0 unspecified atom stereocenters. The number of thiazole rings is 1. The number of thioether (sulfide) groups is 1. The van der Waals surface area contributed by atoms with Gasteiger partial charge < -0.3 is 25.1 Å². The number of carbonyl (C=O) groups excluding carboxylic acids is 2. The van der Waals surface area contributed by atoms with Crippen LogP contribution in [0.3, 0.4) is 0 Å². The number of aliphatic carboxylic acids is 1. The molecule has 3 aliphatic rings. The van der Waals surface area contributed by atoms with E-state index in [2.05, 4.69) is 4.98 Å². The average molecular weight is 452 g/mol. The van der Waals surface area contributed by atoms with Crippen LogP contribution in [-0.4, -0.2) is 79.2 Å². The summed E-state index contributed by atoms with van der Waals surface area (Å²) in [6.07, 6.45) is 0.384. The van der Waals surface area contributed by atoms with E-state index in [0.717, 1.165) is 0 Å². The van der Waals surface area contributed by atoms with E-state index in [4.69, 9.17) is 0 Å². The van der Waals surface area contributed by atoms with Gasteiger partial charge in [0.2, 0.25) is 5.91 Å². The van der Waals surface area contributed by atoms with Crippen LogP contribution in [0.4, 0.5) is 0 Å². The van der Waals surface area contributed by atoms with Crippen molar-refractivity contribution in [3.05, 3.63) is 32.1 Å². The maximum Gasteiger partial charge on any atom is 0.353 e. The third kappa shape index (κ3) is 3.35. The monoisotopic (exact) mass is 451 g/mol. The number of fused-ring (bicyclic) bond motifs is 1. The molecule has 2 saturated heterocycles. The molecule has 1 aromatic rings. The molecule has 11 heteroatoms. The maximum atomic E-state index is 12.3. The second-order valence-electron chi connectivity index (χ2n) is 7.63. The molecule has 30 heavy (non-hydrogen) atoms. The topological polar surface area (TPSA) is 131 Å². The van der Waals surface area contributed by atoms with E-state index in [-0.39, 0.29) is 29.5 Å². The Morgan fingerprint density at radius 1 is 1.40 bits per heavy atom. The first-order chi connectivity index (χ1) is 14.2. The second-order valence-corrected chi connectivity index (χ2v) is 9.46. The molecule has 3 aliphatic heterocycles. The van der Waals surface area contributed by atoms with Crippen molar-refractivity contribution >= 4 is 47.0 Å². The molecule has 0 bridgehead atoms. The van der Waals surface area contributed by atoms with Gasteiger partial charge in [-0.2, -0.15) is 0 Å². The summed E-state index contributed by atoms with van der Waals surface area (Å²) >= 11 is 2.50. The Balaban J connectivity index is 1.47. The highest BCUT2D eigenvalue weighted by atomic mass is 32.2. The first kappa shape index (κ1) is 21.0. The molecule has 0 spiro atoms. The summed E-state index contributed by atoms with van der Waals surface area (Å²) in [5, 5.41) is 32.8. The number of rotatable bonds is 6. The Labute approximate surface area is 180 Å². The summed E-state index contributed by atoms with van der Waals surface area (Å²) < 4.78 is 0. The third-order valence-electron chi connectivity index (χ3n) is 5.61. The van der Waals surface area contributed by atoms with Crippen LogP contribution in [0.25, 0.3) is 6.08 Å². The summed E-state index contributed by atoms with van der Waals surface area (Å²) in [5.41, 5.74) is 0.279. The predicted molar refractivity (Wildman–Crippen MR) is 110 cm³/mol. The normalized spacial score (nSPS) is 27.3. The highest BCUT2D eigenvalue weighted by Crippen LogP contribution is 2.50. The van der Waals surface area contributed by atoms with Gasteiger partial charge in [-0.3, -0.25) is 9.59 Å². The van der Waals surface area contributed by atoms with Crippen LogP contribution in [0.5, 0.6) is 0 Å². The van der Waals surface area contributed by atoms with E-state index in [0.29, 0.717) is 28.7 Å². The Hall–Kier alpha value is -2.21. The summed E-state index contributed by atoms with van der Waals surface area (Å²) in [5.74, 6) is -2.57. The summed E-state index contributed by atoms with van der Waals surface area (Å²) in [6.45, 7) is 4.02. The summed E-state index contributed by atoms with van der Waals surface area (Å²) in [6, 6.07) is -0.351. The molecular weight excluding hydrogens is 430 g/mol. The van der Waals surface area contributed by atoms with Gasteiger partial charge in [0.1, 0.15) is 16.4 Å². The van der Waals surface area contributed by atoms with Crippen molar-refractivity contribution in [3.8, 4) is 0 Å². The summed E-state index contributed by atoms with van der Waals surface area (Å²) in [4.78, 5) is 44.0. The molecule has 2 amide bonds. The van der Waals surface area contributed by atoms with Gasteiger partial charge in [0.25, 0.3) is 5.91 Å². The van der Waals surface area contributed by atoms with Gasteiger partial charge in [0.05, 0.1) is 24.2 Å². The van der Waals surface area contributed by atoms with Crippen molar-refractivity contribution in [1.82, 2.24) is 14.8 Å². The smallest absolute Gasteiger partial charge is 0.353 e. The number of amides is 2. The van der Waals surface area contributed by atoms with Crippen LogP contribution in [-0.2, 0) is 9.59 Å². The lowest BCUT2D eigenvalue weighted by atomic mass is 9.79. The number of nitrogens with zero attached hydrogens (tertiary/aromatic N) is 3. The van der Waals surface area contributed by atoms with Gasteiger partial charge >= 0.3 is 5.97 Å². The van der Waals surface area contributed by atoms with Gasteiger partial charge in [-0.25, -0.2) is 9.78 Å². The number of hydrogen-bond donors (Lipinski definition) is 3. The number of aliphatic hydroxyl groups is 2. The van der Waals surface area contributed by atoms with Crippen molar-refractivity contribution in [2.75, 3.05) is 13.1 Å². The number of aliphatic hydroxyl groups excluding tert-OH is 2. The fourth-order valence-corrected chi connectivity index (χ4v) is 5.85. The standard InChI is InChI=1S/C19H21N3O6S2/c1-8-14-13(9(2)23)18(26)22(14)15(19(27)28)16(8)29-4-3-12-20-11(7-30-12)17(25)21-5-10(24)6-21/h3-4,7-10,13-14,23-24H,5-6H2,1-2H3,(H,27,28)/b4-3-/t8-,9-,13-,14-/m1/s1. The molecule has 160 valence electrons. The van der Waals surface area contributed by atoms with Crippen LogP contribution in [0.1, 0.15) is 29.3 Å². The zero-order valence-corrected chi connectivity index (χ0v) is 17.9. The van der Waals surface area contributed by atoms with Gasteiger partial charge in [0, 0.05) is 29.3 Å². The SMILES string of the molecule is C[C@@H](O)[C@H]1C(=O)N2C(C(=O)O)=C(S/C=C\c3nc(C(=O)N4CC(O)C4)cs3)[C@H](C)[C@H]12. The van der Waals surface area contributed by atoms with E-state index in [1.54, 1.807) is 23.8 Å². The quantitative estimate of drug-likeness (QED) is 0.542. The van der Waals surface area contributed by atoms with Gasteiger partial charge in [0.15, 0.2) is 0 Å². The average Bonchev–Trinajstić information content (AvgIpc) is 3.20. The lowest BCUT2D eigenvalue weighted by molar-refractivity contribution is -0.163. The molecule has 4 atom stereocenters. The van der Waals surface area contributed by atoms with Gasteiger partial charge in [-0.1, -0.05) is 18.7 Å². The Morgan fingerprint density at radius 3 is 2.70 bits per heavy atom. The third-order valence-corrected chi connectivity index (χ3v) is 7.51. The highest BCUT2D eigenvalue weighted by Gasteiger charge is 2.59. The number of β-lactam (4-membered cyclic amide) rings is 1. The van der Waals surface area contributed by atoms with E-state index in [9.17, 15) is 29.7 Å². The first-order valence-corrected chi connectivity index (χ1v) is 11.2. The molecule has 4 heterocycles. The van der Waals surface area contributed by atoms with Crippen molar-refractivity contribution < 1.29 is 29.7 Å². The Bertz CT molecular complexity index is 965. The zero-order valence-electron chi connectivity index (χ0n) is 16.3. The Kier molecular flexibility index (Phi) is 5.47. The van der Waals surface area contributed by atoms with Crippen molar-refractivity contribution in [2.24, 2.45) is 11.8 Å². The van der Waals surface area contributed by atoms with Gasteiger partial charge in [-0.15, -0.1) is 11.3 Å². The molecule has 0 aromatic carbocycles. The molecule has 0 aliphatic carbocycles. The van der Waals surface area contributed by atoms with Crippen molar-refractivity contribution in [3.63, 3.8) is 0 Å². The number of aromatic nitrogens is 1. The first-order valence-electron chi connectivity index (χ1n) is 9.45. The fourth-order valence-electron chi connectivity index (χ4n) is 4.09. The second kappa shape index (κ2) is 7.80. The van der Waals surface area contributed by atoms with Crippen LogP contribution < -0.4 is 0 Å². The predicted octanol–water partition coefficient (Wildman–Crippen LogP) is 0.817. The lowest BCUT2D eigenvalue weighted by Crippen LogP contribution is -2.63. The largest absolute Gasteiger partial charge is 0.477 e. The Morgan fingerprint density at radius 2 is 2.10 bits per heavy atom. The van der Waals surface area contributed by atoms with Crippen LogP contribution >= 0.6 is 23.1 Å². The highest BCUT2D eigenvalue weighted by molar-refractivity contribution is 8.06. The summed E-state index contributed by atoms with van der Waals surface area (Å²) in [7, 11) is 0. The van der Waals surface area contributed by atoms with Gasteiger partial charge in [-0.05, 0) is 18.4 Å². The van der Waals surface area contributed by atoms with E-state index in [1.165, 1.54) is 32.9 Å². The number of likely N-dealkylation sites (tertiary alicyclic amines) is 1.